The number of carbonyl (C=O) groups is 1. The first-order valence-electron chi connectivity index (χ1n) is 6.62. The van der Waals surface area contributed by atoms with E-state index < -0.39 is 0 Å². The van der Waals surface area contributed by atoms with Crippen LogP contribution in [-0.4, -0.2) is 12.9 Å². The number of carbonyl (C=O) groups excluding carboxylic acids is 1. The van der Waals surface area contributed by atoms with Crippen molar-refractivity contribution in [2.24, 2.45) is 11.3 Å². The van der Waals surface area contributed by atoms with Gasteiger partial charge in [-0.05, 0) is 42.4 Å². The zero-order valence-corrected chi connectivity index (χ0v) is 11.7. The minimum absolute atomic E-state index is 0.171. The summed E-state index contributed by atoms with van der Waals surface area (Å²) in [7, 11) is 1.64. The lowest BCUT2D eigenvalue weighted by Gasteiger charge is -2.29. The van der Waals surface area contributed by atoms with Crippen LogP contribution >= 0.6 is 0 Å². The highest BCUT2D eigenvalue weighted by Gasteiger charge is 2.30. The third-order valence-electron chi connectivity index (χ3n) is 3.57. The van der Waals surface area contributed by atoms with E-state index in [4.69, 9.17) is 4.74 Å². The largest absolute Gasteiger partial charge is 0.497 e. The summed E-state index contributed by atoms with van der Waals surface area (Å²) in [6.45, 7) is 6.59. The van der Waals surface area contributed by atoms with Crippen molar-refractivity contribution in [2.45, 2.75) is 40.0 Å². The van der Waals surface area contributed by atoms with Gasteiger partial charge in [0.05, 0.1) is 7.11 Å². The number of hydrogen-bond donors (Lipinski definition) is 0. The molecule has 1 atom stereocenters. The maximum absolute atomic E-state index is 12.5. The van der Waals surface area contributed by atoms with Crippen molar-refractivity contribution >= 4 is 5.78 Å². The summed E-state index contributed by atoms with van der Waals surface area (Å²) in [5.74, 6) is 1.24. The van der Waals surface area contributed by atoms with Gasteiger partial charge in [0, 0.05) is 11.5 Å². The molecule has 0 fully saturated rings. The fourth-order valence-corrected chi connectivity index (χ4v) is 2.74. The summed E-state index contributed by atoms with van der Waals surface area (Å²) in [5.41, 5.74) is 2.25. The normalized spacial score (nSPS) is 19.6. The molecule has 1 aromatic rings. The van der Waals surface area contributed by atoms with Crippen LogP contribution in [0.2, 0.25) is 0 Å². The summed E-state index contributed by atoms with van der Waals surface area (Å²) in [6.07, 6.45) is 2.95. The lowest BCUT2D eigenvalue weighted by molar-refractivity contribution is 0.0861. The number of fused-ring (bicyclic) bond motifs is 1. The van der Waals surface area contributed by atoms with Gasteiger partial charge >= 0.3 is 0 Å². The number of aryl methyl sites for hydroxylation is 1. The second-order valence-electron chi connectivity index (χ2n) is 6.39. The van der Waals surface area contributed by atoms with E-state index in [1.807, 2.05) is 18.2 Å². The van der Waals surface area contributed by atoms with Gasteiger partial charge in [-0.2, -0.15) is 0 Å². The second kappa shape index (κ2) is 4.75. The van der Waals surface area contributed by atoms with Crippen molar-refractivity contribution in [3.8, 4) is 5.75 Å². The first-order chi connectivity index (χ1) is 8.40. The smallest absolute Gasteiger partial charge is 0.166 e. The monoisotopic (exact) mass is 246 g/mol. The predicted octanol–water partition coefficient (Wildman–Crippen LogP) is 3.88. The molecule has 1 aliphatic rings. The maximum atomic E-state index is 12.5. The quantitative estimate of drug-likeness (QED) is 0.791. The number of Topliss-reactive ketones (excluding diaryl/α,β-unsaturated/α-hetero) is 1. The van der Waals surface area contributed by atoms with Gasteiger partial charge in [-0.15, -0.1) is 0 Å². The van der Waals surface area contributed by atoms with Gasteiger partial charge in [0.1, 0.15) is 5.75 Å². The van der Waals surface area contributed by atoms with Gasteiger partial charge < -0.3 is 4.74 Å². The van der Waals surface area contributed by atoms with Crippen molar-refractivity contribution in [1.82, 2.24) is 0 Å². The summed E-state index contributed by atoms with van der Waals surface area (Å²) in [6, 6.07) is 5.86. The Morgan fingerprint density at radius 2 is 2.06 bits per heavy atom. The van der Waals surface area contributed by atoms with E-state index in [1.165, 1.54) is 5.56 Å². The molecule has 0 N–H and O–H groups in total. The Morgan fingerprint density at radius 1 is 1.33 bits per heavy atom. The average Bonchev–Trinajstić information content (AvgIpc) is 2.31. The Bertz CT molecular complexity index is 455. The third-order valence-corrected chi connectivity index (χ3v) is 3.57. The Hall–Kier alpha value is -1.31. The molecule has 0 amide bonds. The molecule has 0 spiro atoms. The summed E-state index contributed by atoms with van der Waals surface area (Å²) in [4.78, 5) is 12.5. The summed E-state index contributed by atoms with van der Waals surface area (Å²) >= 11 is 0. The molecule has 1 aliphatic carbocycles. The molecule has 98 valence electrons. The Kier molecular flexibility index (Phi) is 3.47. The van der Waals surface area contributed by atoms with Crippen LogP contribution in [0.5, 0.6) is 5.75 Å². The van der Waals surface area contributed by atoms with E-state index in [0.717, 1.165) is 30.6 Å². The van der Waals surface area contributed by atoms with E-state index in [0.29, 0.717) is 5.78 Å². The van der Waals surface area contributed by atoms with E-state index in [1.54, 1.807) is 7.11 Å². The van der Waals surface area contributed by atoms with Gasteiger partial charge in [0.25, 0.3) is 0 Å². The Morgan fingerprint density at radius 3 is 2.67 bits per heavy atom. The fraction of sp³-hybridized carbons (Fsp3) is 0.562. The van der Waals surface area contributed by atoms with Gasteiger partial charge in [-0.3, -0.25) is 4.79 Å². The van der Waals surface area contributed by atoms with Crippen molar-refractivity contribution < 1.29 is 9.53 Å². The second-order valence-corrected chi connectivity index (χ2v) is 6.39. The van der Waals surface area contributed by atoms with E-state index in [2.05, 4.69) is 20.8 Å². The Balaban J connectivity index is 2.26. The number of benzene rings is 1. The SMILES string of the molecule is COc1ccc2c(c1)C(=O)C(CC(C)(C)C)CC2. The van der Waals surface area contributed by atoms with Crippen LogP contribution in [-0.2, 0) is 6.42 Å². The highest BCUT2D eigenvalue weighted by Crippen LogP contribution is 2.35. The number of rotatable bonds is 2. The van der Waals surface area contributed by atoms with Crippen LogP contribution in [0.25, 0.3) is 0 Å². The molecule has 0 radical (unpaired) electrons. The fourth-order valence-electron chi connectivity index (χ4n) is 2.74. The van der Waals surface area contributed by atoms with Crippen LogP contribution in [0.1, 0.15) is 49.5 Å². The average molecular weight is 246 g/mol. The zero-order chi connectivity index (χ0) is 13.3. The van der Waals surface area contributed by atoms with Crippen molar-refractivity contribution in [3.63, 3.8) is 0 Å². The minimum Gasteiger partial charge on any atom is -0.497 e. The first kappa shape index (κ1) is 13.1. The molecule has 0 saturated carbocycles. The number of ketones is 1. The van der Waals surface area contributed by atoms with E-state index >= 15 is 0 Å². The molecule has 0 saturated heterocycles. The molecule has 0 aromatic heterocycles. The summed E-state index contributed by atoms with van der Waals surface area (Å²) < 4.78 is 5.21. The molecule has 1 aromatic carbocycles. The molecule has 1 unspecified atom stereocenters. The van der Waals surface area contributed by atoms with Gasteiger partial charge in [0.2, 0.25) is 0 Å². The molecule has 0 heterocycles. The van der Waals surface area contributed by atoms with Gasteiger partial charge in [-0.1, -0.05) is 26.8 Å². The van der Waals surface area contributed by atoms with Crippen molar-refractivity contribution in [3.05, 3.63) is 29.3 Å². The van der Waals surface area contributed by atoms with E-state index in [-0.39, 0.29) is 11.3 Å². The molecular formula is C16H22O2. The molecule has 0 bridgehead atoms. The van der Waals surface area contributed by atoms with Crippen molar-refractivity contribution in [2.75, 3.05) is 7.11 Å². The zero-order valence-electron chi connectivity index (χ0n) is 11.7. The highest BCUT2D eigenvalue weighted by atomic mass is 16.5. The molecular weight excluding hydrogens is 224 g/mol. The highest BCUT2D eigenvalue weighted by molar-refractivity contribution is 6.00. The lowest BCUT2D eigenvalue weighted by atomic mass is 9.75. The number of ether oxygens (including phenoxy) is 1. The van der Waals surface area contributed by atoms with Crippen LogP contribution < -0.4 is 4.74 Å². The van der Waals surface area contributed by atoms with Gasteiger partial charge in [-0.25, -0.2) is 0 Å². The third kappa shape index (κ3) is 2.74. The molecule has 2 nitrogen and oxygen atoms in total. The van der Waals surface area contributed by atoms with E-state index in [9.17, 15) is 4.79 Å². The first-order valence-corrected chi connectivity index (χ1v) is 6.62. The summed E-state index contributed by atoms with van der Waals surface area (Å²) in [5, 5.41) is 0. The minimum atomic E-state index is 0.171. The molecule has 0 aliphatic heterocycles. The molecule has 2 rings (SSSR count). The molecule has 2 heteroatoms. The van der Waals surface area contributed by atoms with Crippen LogP contribution in [0.4, 0.5) is 0 Å². The van der Waals surface area contributed by atoms with Gasteiger partial charge in [0.15, 0.2) is 5.78 Å². The topological polar surface area (TPSA) is 26.3 Å². The van der Waals surface area contributed by atoms with Crippen LogP contribution in [0.3, 0.4) is 0 Å². The number of hydrogen-bond acceptors (Lipinski definition) is 2. The molecule has 18 heavy (non-hydrogen) atoms. The Labute approximate surface area is 109 Å². The van der Waals surface area contributed by atoms with Crippen molar-refractivity contribution in [1.29, 1.82) is 0 Å². The standard InChI is InChI=1S/C16H22O2/c1-16(2,3)10-12-6-5-11-7-8-13(18-4)9-14(11)15(12)17/h7-9,12H,5-6,10H2,1-4H3. The number of methoxy groups -OCH3 is 1. The van der Waals surface area contributed by atoms with Crippen LogP contribution in [0.15, 0.2) is 18.2 Å². The predicted molar refractivity (Wildman–Crippen MR) is 73.2 cm³/mol. The maximum Gasteiger partial charge on any atom is 0.166 e. The lowest BCUT2D eigenvalue weighted by Crippen LogP contribution is -2.26. The van der Waals surface area contributed by atoms with Crippen LogP contribution in [0, 0.1) is 11.3 Å².